The molecule has 0 spiro atoms. The van der Waals surface area contributed by atoms with Crippen molar-refractivity contribution in [1.29, 1.82) is 0 Å². The molecule has 5 atom stereocenters. The summed E-state index contributed by atoms with van der Waals surface area (Å²) in [5.74, 6) is 0.0555. The smallest absolute Gasteiger partial charge is 0.351 e. The Morgan fingerprint density at radius 3 is 2.70 bits per heavy atom. The van der Waals surface area contributed by atoms with Crippen LogP contribution < -0.4 is 11.4 Å². The minimum absolute atomic E-state index is 0.0555. The Balaban J connectivity index is 1.85. The Morgan fingerprint density at radius 1 is 1.40 bits per heavy atom. The fraction of sp³-hybridized carbons (Fsp3) is 0.636. The summed E-state index contributed by atoms with van der Waals surface area (Å²) in [4.78, 5) is 16.9. The van der Waals surface area contributed by atoms with Gasteiger partial charge in [0.2, 0.25) is 0 Å². The monoisotopic (exact) mass is 284 g/mol. The second-order valence-electron chi connectivity index (χ2n) is 4.96. The number of aliphatic hydroxyl groups is 3. The van der Waals surface area contributed by atoms with Crippen molar-refractivity contribution in [3.63, 3.8) is 0 Å². The van der Waals surface area contributed by atoms with Crippen molar-refractivity contribution in [2.45, 2.75) is 30.8 Å². The van der Waals surface area contributed by atoms with Gasteiger partial charge in [0.1, 0.15) is 30.4 Å². The Kier molecular flexibility index (Phi) is 3.22. The number of rotatable bonds is 3. The molecule has 0 saturated carbocycles. The summed E-state index contributed by atoms with van der Waals surface area (Å²) in [5.41, 5.74) is 4.70. The summed E-state index contributed by atoms with van der Waals surface area (Å²) in [6.45, 7) is 1.41. The zero-order chi connectivity index (χ0) is 14.4. The van der Waals surface area contributed by atoms with Gasteiger partial charge in [-0.2, -0.15) is 4.98 Å². The van der Waals surface area contributed by atoms with E-state index in [4.69, 9.17) is 10.5 Å². The Morgan fingerprint density at radius 2 is 2.10 bits per heavy atom. The third-order valence-corrected chi connectivity index (χ3v) is 3.55. The molecular weight excluding hydrogens is 268 g/mol. The topological polar surface area (TPSA) is 134 Å². The lowest BCUT2D eigenvalue weighted by atomic mass is 10.1. The van der Waals surface area contributed by atoms with Crippen LogP contribution >= 0.6 is 0 Å². The molecule has 1 aromatic rings. The number of aromatic nitrogens is 2. The van der Waals surface area contributed by atoms with E-state index < -0.39 is 36.5 Å². The molecule has 2 fully saturated rings. The molecule has 20 heavy (non-hydrogen) atoms. The van der Waals surface area contributed by atoms with Crippen molar-refractivity contribution < 1.29 is 20.1 Å². The molecule has 0 bridgehead atoms. The first-order valence-corrected chi connectivity index (χ1v) is 6.27. The van der Waals surface area contributed by atoms with Gasteiger partial charge < -0.3 is 25.8 Å². The van der Waals surface area contributed by atoms with Gasteiger partial charge in [0, 0.05) is 19.3 Å². The van der Waals surface area contributed by atoms with Crippen molar-refractivity contribution in [3.8, 4) is 0 Å². The predicted molar refractivity (Wildman–Crippen MR) is 66.4 cm³/mol. The zero-order valence-corrected chi connectivity index (χ0v) is 10.5. The molecule has 0 aromatic carbocycles. The van der Waals surface area contributed by atoms with Gasteiger partial charge in [-0.1, -0.05) is 0 Å². The Labute approximate surface area is 113 Å². The molecule has 110 valence electrons. The van der Waals surface area contributed by atoms with Crippen LogP contribution in [0.5, 0.6) is 0 Å². The van der Waals surface area contributed by atoms with Crippen molar-refractivity contribution in [2.75, 3.05) is 18.8 Å². The summed E-state index contributed by atoms with van der Waals surface area (Å²) in [6, 6.07) is 1.39. The van der Waals surface area contributed by atoms with Gasteiger partial charge in [0.15, 0.2) is 6.23 Å². The van der Waals surface area contributed by atoms with Gasteiger partial charge in [-0.05, 0) is 6.07 Å². The highest BCUT2D eigenvalue weighted by Crippen LogP contribution is 2.32. The SMILES string of the molecule is Nc1ccn([C@@H]2O[C@H](C(O)N3CC3)[C@@H](O)[C@H]2O)c(=O)n1. The number of hydrogen-bond donors (Lipinski definition) is 4. The van der Waals surface area contributed by atoms with Crippen molar-refractivity contribution >= 4 is 5.82 Å². The Hall–Kier alpha value is -1.52. The second kappa shape index (κ2) is 4.79. The Bertz CT molecular complexity index is 560. The lowest BCUT2D eigenvalue weighted by Crippen LogP contribution is -2.42. The van der Waals surface area contributed by atoms with Crippen LogP contribution in [-0.2, 0) is 4.74 Å². The fourth-order valence-electron chi connectivity index (χ4n) is 2.31. The zero-order valence-electron chi connectivity index (χ0n) is 10.5. The van der Waals surface area contributed by atoms with Crippen LogP contribution in [0.25, 0.3) is 0 Å². The molecule has 9 heteroatoms. The average Bonchev–Trinajstić information content (AvgIpc) is 3.20. The summed E-state index contributed by atoms with van der Waals surface area (Å²) in [6.07, 6.45) is -4.40. The molecule has 9 nitrogen and oxygen atoms in total. The van der Waals surface area contributed by atoms with Gasteiger partial charge >= 0.3 is 5.69 Å². The van der Waals surface area contributed by atoms with Crippen molar-refractivity contribution in [3.05, 3.63) is 22.7 Å². The summed E-state index contributed by atoms with van der Waals surface area (Å²) < 4.78 is 6.49. The van der Waals surface area contributed by atoms with Crippen LogP contribution in [0.15, 0.2) is 17.1 Å². The van der Waals surface area contributed by atoms with E-state index >= 15 is 0 Å². The van der Waals surface area contributed by atoms with Gasteiger partial charge in [-0.3, -0.25) is 9.47 Å². The molecule has 2 aliphatic rings. The molecule has 0 aliphatic carbocycles. The average molecular weight is 284 g/mol. The third kappa shape index (κ3) is 2.19. The first kappa shape index (κ1) is 13.5. The lowest BCUT2D eigenvalue weighted by molar-refractivity contribution is -0.114. The highest BCUT2D eigenvalue weighted by molar-refractivity contribution is 5.23. The van der Waals surface area contributed by atoms with Crippen LogP contribution in [0.3, 0.4) is 0 Å². The molecule has 3 rings (SSSR count). The maximum absolute atomic E-state index is 11.7. The van der Waals surface area contributed by atoms with Gasteiger partial charge in [0.05, 0.1) is 0 Å². The maximum Gasteiger partial charge on any atom is 0.351 e. The highest BCUT2D eigenvalue weighted by Gasteiger charge is 2.49. The molecule has 2 aliphatic heterocycles. The largest absolute Gasteiger partial charge is 0.387 e. The van der Waals surface area contributed by atoms with Crippen LogP contribution in [0, 0.1) is 0 Å². The lowest BCUT2D eigenvalue weighted by Gasteiger charge is -2.21. The quantitative estimate of drug-likeness (QED) is 0.434. The molecule has 3 heterocycles. The van der Waals surface area contributed by atoms with Gasteiger partial charge in [-0.25, -0.2) is 4.79 Å². The second-order valence-corrected chi connectivity index (χ2v) is 4.96. The van der Waals surface area contributed by atoms with E-state index in [0.717, 1.165) is 4.57 Å². The van der Waals surface area contributed by atoms with E-state index in [9.17, 15) is 20.1 Å². The molecule has 0 amide bonds. The van der Waals surface area contributed by atoms with Crippen LogP contribution in [-0.4, -0.2) is 67.4 Å². The highest BCUT2D eigenvalue weighted by atomic mass is 16.6. The van der Waals surface area contributed by atoms with Crippen LogP contribution in [0.2, 0.25) is 0 Å². The number of hydrogen-bond acceptors (Lipinski definition) is 8. The van der Waals surface area contributed by atoms with E-state index in [1.165, 1.54) is 12.3 Å². The van der Waals surface area contributed by atoms with Crippen molar-refractivity contribution in [1.82, 2.24) is 14.5 Å². The normalized spacial score (nSPS) is 35.1. The van der Waals surface area contributed by atoms with Crippen LogP contribution in [0.1, 0.15) is 6.23 Å². The third-order valence-electron chi connectivity index (χ3n) is 3.55. The van der Waals surface area contributed by atoms with E-state index in [0.29, 0.717) is 13.1 Å². The number of anilines is 1. The standard InChI is InChI=1S/C11H16N4O5/c12-5-1-2-15(11(19)13-5)10-7(17)6(16)8(20-10)9(18)14-3-4-14/h1-2,6-10,16-18H,3-4H2,(H2,12,13,19)/t6-,7+,8-,9?,10+/m0/s1. The number of nitrogens with zero attached hydrogens (tertiary/aromatic N) is 3. The molecule has 1 unspecified atom stereocenters. The predicted octanol–water partition coefficient (Wildman–Crippen LogP) is -2.92. The molecular formula is C11H16N4O5. The van der Waals surface area contributed by atoms with E-state index in [-0.39, 0.29) is 5.82 Å². The van der Waals surface area contributed by atoms with Crippen LogP contribution in [0.4, 0.5) is 5.82 Å². The summed E-state index contributed by atoms with van der Waals surface area (Å²) in [7, 11) is 0. The summed E-state index contributed by atoms with van der Waals surface area (Å²) >= 11 is 0. The van der Waals surface area contributed by atoms with E-state index in [1.54, 1.807) is 4.90 Å². The minimum Gasteiger partial charge on any atom is -0.387 e. The van der Waals surface area contributed by atoms with Gasteiger partial charge in [0.25, 0.3) is 0 Å². The number of nitrogens with two attached hydrogens (primary N) is 1. The number of aliphatic hydroxyl groups excluding tert-OH is 3. The molecule has 0 radical (unpaired) electrons. The van der Waals surface area contributed by atoms with Crippen molar-refractivity contribution in [2.24, 2.45) is 0 Å². The minimum atomic E-state index is -1.34. The molecule has 1 aromatic heterocycles. The number of ether oxygens (including phenoxy) is 1. The first-order chi connectivity index (χ1) is 9.49. The fourth-order valence-corrected chi connectivity index (χ4v) is 2.31. The maximum atomic E-state index is 11.7. The molecule has 2 saturated heterocycles. The van der Waals surface area contributed by atoms with E-state index in [1.807, 2.05) is 0 Å². The number of nitrogen functional groups attached to an aromatic ring is 1. The first-order valence-electron chi connectivity index (χ1n) is 6.27. The van der Waals surface area contributed by atoms with Gasteiger partial charge in [-0.15, -0.1) is 0 Å². The molecule has 5 N–H and O–H groups in total. The van der Waals surface area contributed by atoms with E-state index in [2.05, 4.69) is 4.98 Å². The summed E-state index contributed by atoms with van der Waals surface area (Å²) in [5, 5.41) is 29.9.